The van der Waals surface area contributed by atoms with Gasteiger partial charge in [-0.25, -0.2) is 0 Å². The van der Waals surface area contributed by atoms with Gasteiger partial charge in [0.05, 0.1) is 19.2 Å². The third-order valence-electron chi connectivity index (χ3n) is 7.00. The number of amides is 2. The smallest absolute Gasteiger partial charge is 0.319 e. The summed E-state index contributed by atoms with van der Waals surface area (Å²) >= 11 is 0. The molecule has 0 radical (unpaired) electrons. The van der Waals surface area contributed by atoms with Gasteiger partial charge in [-0.3, -0.25) is 24.7 Å². The maximum absolute atomic E-state index is 13.8. The molecule has 0 aromatic carbocycles. The quantitative estimate of drug-likeness (QED) is 0.0798. The fourth-order valence-corrected chi connectivity index (χ4v) is 4.90. The first-order valence-electron chi connectivity index (χ1n) is 13.5. The molecule has 0 spiro atoms. The van der Waals surface area contributed by atoms with Gasteiger partial charge in [0.1, 0.15) is 11.7 Å². The van der Waals surface area contributed by atoms with Crippen LogP contribution in [0.25, 0.3) is 0 Å². The highest BCUT2D eigenvalue weighted by Gasteiger charge is 2.35. The molecule has 2 unspecified atom stereocenters. The van der Waals surface area contributed by atoms with Crippen molar-refractivity contribution in [3.63, 3.8) is 0 Å². The van der Waals surface area contributed by atoms with Crippen molar-refractivity contribution in [2.75, 3.05) is 19.7 Å². The van der Waals surface area contributed by atoms with Crippen molar-refractivity contribution in [2.24, 2.45) is 16.8 Å². The lowest BCUT2D eigenvalue weighted by Crippen LogP contribution is -2.56. The van der Waals surface area contributed by atoms with Gasteiger partial charge < -0.3 is 25.9 Å². The first-order valence-corrected chi connectivity index (χ1v) is 13.5. The van der Waals surface area contributed by atoms with E-state index in [1.54, 1.807) is 23.2 Å². The van der Waals surface area contributed by atoms with Crippen LogP contribution in [0, 0.1) is 5.92 Å². The lowest BCUT2D eigenvalue weighted by Gasteiger charge is -2.36. The first-order chi connectivity index (χ1) is 18.4. The number of hydrogen-bond donors (Lipinski definition) is 4. The number of carbonyl (C=O) groups excluding carboxylic acids is 3. The fourth-order valence-electron chi connectivity index (χ4n) is 4.90. The minimum absolute atomic E-state index is 0.0435. The van der Waals surface area contributed by atoms with Gasteiger partial charge in [0, 0.05) is 19.3 Å². The van der Waals surface area contributed by atoms with Gasteiger partial charge in [-0.05, 0) is 36.8 Å². The average molecular weight is 529 g/mol. The van der Waals surface area contributed by atoms with E-state index in [0.29, 0.717) is 37.6 Å². The van der Waals surface area contributed by atoms with E-state index in [9.17, 15) is 14.4 Å². The predicted molar refractivity (Wildman–Crippen MR) is 142 cm³/mol. The maximum Gasteiger partial charge on any atom is 0.319 e. The maximum atomic E-state index is 13.8. The molecule has 1 fully saturated rings. The number of aromatic nitrogens is 1. The second kappa shape index (κ2) is 15.1. The van der Waals surface area contributed by atoms with E-state index < -0.39 is 12.1 Å². The van der Waals surface area contributed by atoms with E-state index in [1.807, 2.05) is 19.1 Å². The summed E-state index contributed by atoms with van der Waals surface area (Å²) in [4.78, 5) is 44.8. The number of nitrogens with one attached hydrogen (secondary N) is 2. The molecule has 2 atom stereocenters. The second-order valence-electron chi connectivity index (χ2n) is 9.86. The molecule has 208 valence electrons. The summed E-state index contributed by atoms with van der Waals surface area (Å²) in [5, 5.41) is 17.7. The fraction of sp³-hybridized carbons (Fsp3) is 0.593. The van der Waals surface area contributed by atoms with Crippen molar-refractivity contribution in [3.8, 4) is 0 Å². The summed E-state index contributed by atoms with van der Waals surface area (Å²) in [6.45, 7) is 2.78. The summed E-state index contributed by atoms with van der Waals surface area (Å²) in [6.07, 6.45) is 12.8. The van der Waals surface area contributed by atoms with Crippen LogP contribution in [0.1, 0.15) is 69.5 Å². The largest absolute Gasteiger partial charge is 0.465 e. The minimum Gasteiger partial charge on any atom is -0.465 e. The molecule has 2 heterocycles. The molecule has 38 heavy (non-hydrogen) atoms. The molecular formula is C27H40N6O5. The lowest BCUT2D eigenvalue weighted by atomic mass is 9.84. The molecular weight excluding hydrogens is 488 g/mol. The van der Waals surface area contributed by atoms with E-state index in [4.69, 9.17) is 15.7 Å². The van der Waals surface area contributed by atoms with Crippen molar-refractivity contribution in [3.05, 3.63) is 41.7 Å². The van der Waals surface area contributed by atoms with Gasteiger partial charge in [0.25, 0.3) is 0 Å². The van der Waals surface area contributed by atoms with E-state index >= 15 is 0 Å². The lowest BCUT2D eigenvalue weighted by molar-refractivity contribution is -0.145. The van der Waals surface area contributed by atoms with Crippen LogP contribution < -0.4 is 16.4 Å². The molecule has 1 saturated carbocycles. The predicted octanol–water partition coefficient (Wildman–Crippen LogP) is 1.83. The molecule has 0 bridgehead atoms. The van der Waals surface area contributed by atoms with Crippen molar-refractivity contribution >= 4 is 23.6 Å². The number of ether oxygens (including phenoxy) is 1. The van der Waals surface area contributed by atoms with Crippen molar-refractivity contribution in [2.45, 2.75) is 76.9 Å². The zero-order valence-electron chi connectivity index (χ0n) is 22.1. The summed E-state index contributed by atoms with van der Waals surface area (Å²) in [6, 6.07) is 2.11. The van der Waals surface area contributed by atoms with Crippen LogP contribution in [0.15, 0.2) is 35.6 Å². The molecule has 11 nitrogen and oxygen atoms in total. The van der Waals surface area contributed by atoms with Crippen LogP contribution in [-0.4, -0.2) is 70.5 Å². The van der Waals surface area contributed by atoms with E-state index in [1.165, 1.54) is 6.42 Å². The number of nitrogens with zero attached hydrogens (tertiary/aromatic N) is 3. The molecule has 1 aliphatic heterocycles. The topological polar surface area (TPSA) is 159 Å². The Hall–Kier alpha value is -3.47. The summed E-state index contributed by atoms with van der Waals surface area (Å²) < 4.78 is 5.18. The Morgan fingerprint density at radius 2 is 2.03 bits per heavy atom. The standard InChI is InChI=1S/C27H40N6O5/c1-2-14-38-24(34)18-30-22(15-19-8-4-3-5-9-19)27(36)33-13-7-6-10-23(33)26(35)31-17-20-11-12-21(29-16-20)25(28)32-37/h6-7,11-12,16,19,22-23,30,37H,2-5,8-10,13-15,17-18H2,1H3,(H2,28,32)(H,31,35). The van der Waals surface area contributed by atoms with Crippen LogP contribution in [0.5, 0.6) is 0 Å². The zero-order chi connectivity index (χ0) is 27.3. The Labute approximate surface area is 223 Å². The highest BCUT2D eigenvalue weighted by atomic mass is 16.5. The van der Waals surface area contributed by atoms with Crippen LogP contribution in [0.4, 0.5) is 0 Å². The van der Waals surface area contributed by atoms with E-state index in [2.05, 4.69) is 20.8 Å². The number of oxime groups is 1. The third-order valence-corrected chi connectivity index (χ3v) is 7.00. The number of rotatable bonds is 12. The summed E-state index contributed by atoms with van der Waals surface area (Å²) in [5.41, 5.74) is 6.60. The normalized spacial score (nSPS) is 19.1. The molecule has 3 rings (SSSR count). The minimum atomic E-state index is -0.653. The van der Waals surface area contributed by atoms with Gasteiger partial charge in [-0.1, -0.05) is 62.4 Å². The molecule has 0 saturated heterocycles. The molecule has 1 aliphatic carbocycles. The number of hydrogen-bond acceptors (Lipinski definition) is 8. The first kappa shape index (κ1) is 29.1. The summed E-state index contributed by atoms with van der Waals surface area (Å²) in [7, 11) is 0. The molecule has 2 aliphatic rings. The molecule has 11 heteroatoms. The van der Waals surface area contributed by atoms with Crippen molar-refractivity contribution in [1.82, 2.24) is 20.5 Å². The van der Waals surface area contributed by atoms with E-state index in [-0.39, 0.29) is 36.7 Å². The average Bonchev–Trinajstić information content (AvgIpc) is 2.96. The Morgan fingerprint density at radius 3 is 2.71 bits per heavy atom. The number of amidine groups is 1. The number of esters is 1. The summed E-state index contributed by atoms with van der Waals surface area (Å²) in [5.74, 6) is -0.508. The highest BCUT2D eigenvalue weighted by molar-refractivity contribution is 5.95. The number of carbonyl (C=O) groups is 3. The van der Waals surface area contributed by atoms with Crippen LogP contribution >= 0.6 is 0 Å². The molecule has 1 aromatic rings. The van der Waals surface area contributed by atoms with Gasteiger partial charge in [-0.15, -0.1) is 0 Å². The number of pyridine rings is 1. The van der Waals surface area contributed by atoms with E-state index in [0.717, 1.165) is 37.7 Å². The van der Waals surface area contributed by atoms with Crippen LogP contribution in [-0.2, 0) is 25.7 Å². The Bertz CT molecular complexity index is 990. The monoisotopic (exact) mass is 528 g/mol. The van der Waals surface area contributed by atoms with Crippen molar-refractivity contribution < 1.29 is 24.3 Å². The van der Waals surface area contributed by atoms with Crippen molar-refractivity contribution in [1.29, 1.82) is 0 Å². The molecule has 1 aromatic heterocycles. The van der Waals surface area contributed by atoms with Gasteiger partial charge in [0.15, 0.2) is 5.84 Å². The third kappa shape index (κ3) is 8.54. The Balaban J connectivity index is 1.65. The van der Waals surface area contributed by atoms with Gasteiger partial charge >= 0.3 is 5.97 Å². The Kier molecular flexibility index (Phi) is 11.5. The second-order valence-corrected chi connectivity index (χ2v) is 9.86. The highest BCUT2D eigenvalue weighted by Crippen LogP contribution is 2.28. The Morgan fingerprint density at radius 1 is 1.24 bits per heavy atom. The molecule has 2 amide bonds. The SMILES string of the molecule is CCCOC(=O)CNC(CC1CCCCC1)C(=O)N1CC=CCC1C(=O)NCc1ccc(/C(N)=N\O)nc1. The number of nitrogens with two attached hydrogens (primary N) is 1. The van der Waals surface area contributed by atoms with Gasteiger partial charge in [0.2, 0.25) is 11.8 Å². The van der Waals surface area contributed by atoms with Crippen LogP contribution in [0.3, 0.4) is 0 Å². The zero-order valence-corrected chi connectivity index (χ0v) is 22.1. The molecule has 5 N–H and O–H groups in total. The van der Waals surface area contributed by atoms with Crippen LogP contribution in [0.2, 0.25) is 0 Å². The van der Waals surface area contributed by atoms with Gasteiger partial charge in [-0.2, -0.15) is 0 Å².